The Hall–Kier alpha value is -3.39. The van der Waals surface area contributed by atoms with Crippen LogP contribution in [0.4, 0.5) is 11.5 Å². The van der Waals surface area contributed by atoms with Crippen LogP contribution in [0.3, 0.4) is 0 Å². The number of amides is 1. The second-order valence-corrected chi connectivity index (χ2v) is 8.24. The molecule has 0 aliphatic heterocycles. The fourth-order valence-electron chi connectivity index (χ4n) is 3.35. The van der Waals surface area contributed by atoms with E-state index in [-0.39, 0.29) is 5.91 Å². The number of benzene rings is 1. The standard InChI is InChI=1S/C22H23N5O2S/c1-14-12-27-18(15(2)24-22(27)30-14)13-26(3)21(28)16-8-7-11-23-20(16)25-17-9-5-6-10-19(17)29-4/h5-12H,13H2,1-4H3,(H,23,25). The third-order valence-electron chi connectivity index (χ3n) is 4.87. The van der Waals surface area contributed by atoms with Crippen molar-refractivity contribution in [2.24, 2.45) is 0 Å². The number of carbonyl (C=O) groups excluding carboxylic acids is 1. The Morgan fingerprint density at radius 2 is 2.03 bits per heavy atom. The quantitative estimate of drug-likeness (QED) is 0.499. The number of nitrogens with one attached hydrogen (secondary N) is 1. The Morgan fingerprint density at radius 1 is 1.23 bits per heavy atom. The summed E-state index contributed by atoms with van der Waals surface area (Å²) in [5.41, 5.74) is 3.18. The van der Waals surface area contributed by atoms with Crippen LogP contribution in [0.5, 0.6) is 5.75 Å². The summed E-state index contributed by atoms with van der Waals surface area (Å²) in [4.78, 5) is 26.1. The molecule has 1 amide bonds. The molecule has 7 nitrogen and oxygen atoms in total. The van der Waals surface area contributed by atoms with Crippen LogP contribution in [0.25, 0.3) is 4.96 Å². The first-order valence-corrected chi connectivity index (χ1v) is 10.3. The second-order valence-electron chi connectivity index (χ2n) is 7.02. The summed E-state index contributed by atoms with van der Waals surface area (Å²) in [6.07, 6.45) is 3.72. The Bertz CT molecular complexity index is 1210. The van der Waals surface area contributed by atoms with Gasteiger partial charge in [-0.15, -0.1) is 11.3 Å². The molecule has 0 aliphatic carbocycles. The highest BCUT2D eigenvalue weighted by Crippen LogP contribution is 2.28. The van der Waals surface area contributed by atoms with E-state index in [0.29, 0.717) is 23.7 Å². The van der Waals surface area contributed by atoms with Crippen molar-refractivity contribution in [2.45, 2.75) is 20.4 Å². The van der Waals surface area contributed by atoms with Crippen LogP contribution >= 0.6 is 11.3 Å². The van der Waals surface area contributed by atoms with Crippen molar-refractivity contribution in [3.05, 3.63) is 70.6 Å². The summed E-state index contributed by atoms with van der Waals surface area (Å²) in [6, 6.07) is 11.1. The van der Waals surface area contributed by atoms with Crippen molar-refractivity contribution >= 4 is 33.7 Å². The summed E-state index contributed by atoms with van der Waals surface area (Å²) in [5, 5.41) is 3.23. The smallest absolute Gasteiger partial charge is 0.257 e. The Labute approximate surface area is 179 Å². The number of pyridine rings is 1. The van der Waals surface area contributed by atoms with Crippen molar-refractivity contribution in [1.82, 2.24) is 19.3 Å². The zero-order valence-electron chi connectivity index (χ0n) is 17.3. The van der Waals surface area contributed by atoms with E-state index in [4.69, 9.17) is 4.74 Å². The SMILES string of the molecule is COc1ccccc1Nc1ncccc1C(=O)N(C)Cc1c(C)nc2sc(C)cn12. The van der Waals surface area contributed by atoms with Crippen molar-refractivity contribution in [3.8, 4) is 5.75 Å². The Balaban J connectivity index is 1.61. The fourth-order valence-corrected chi connectivity index (χ4v) is 4.24. The number of imidazole rings is 1. The lowest BCUT2D eigenvalue weighted by Gasteiger charge is -2.19. The first-order chi connectivity index (χ1) is 14.5. The molecule has 0 atom stereocenters. The largest absolute Gasteiger partial charge is 0.495 e. The number of thiazole rings is 1. The van der Waals surface area contributed by atoms with Crippen LogP contribution in [-0.4, -0.2) is 39.3 Å². The zero-order valence-corrected chi connectivity index (χ0v) is 18.2. The van der Waals surface area contributed by atoms with Gasteiger partial charge in [-0.1, -0.05) is 12.1 Å². The van der Waals surface area contributed by atoms with Crippen LogP contribution in [0.2, 0.25) is 0 Å². The van der Waals surface area contributed by atoms with Crippen LogP contribution < -0.4 is 10.1 Å². The highest BCUT2D eigenvalue weighted by atomic mass is 32.1. The van der Waals surface area contributed by atoms with E-state index < -0.39 is 0 Å². The molecule has 0 spiro atoms. The van der Waals surface area contributed by atoms with Gasteiger partial charge in [-0.25, -0.2) is 9.97 Å². The van der Waals surface area contributed by atoms with Gasteiger partial charge in [-0.2, -0.15) is 0 Å². The minimum atomic E-state index is -0.123. The first kappa shape index (κ1) is 19.9. The third kappa shape index (κ3) is 3.73. The molecule has 1 N–H and O–H groups in total. The van der Waals surface area contributed by atoms with E-state index in [1.807, 2.05) is 31.2 Å². The zero-order chi connectivity index (χ0) is 21.3. The summed E-state index contributed by atoms with van der Waals surface area (Å²) < 4.78 is 7.46. The summed E-state index contributed by atoms with van der Waals surface area (Å²) >= 11 is 1.64. The third-order valence-corrected chi connectivity index (χ3v) is 5.77. The van der Waals surface area contributed by atoms with Gasteiger partial charge in [0.2, 0.25) is 0 Å². The molecular formula is C22H23N5O2S. The van der Waals surface area contributed by atoms with Crippen molar-refractivity contribution in [3.63, 3.8) is 0 Å². The van der Waals surface area contributed by atoms with Gasteiger partial charge in [0.05, 0.1) is 36.3 Å². The topological polar surface area (TPSA) is 71.8 Å². The van der Waals surface area contributed by atoms with E-state index in [2.05, 4.69) is 32.8 Å². The predicted octanol–water partition coefficient (Wildman–Crippen LogP) is 4.43. The van der Waals surface area contributed by atoms with E-state index in [1.165, 1.54) is 4.88 Å². The van der Waals surface area contributed by atoms with E-state index >= 15 is 0 Å². The lowest BCUT2D eigenvalue weighted by atomic mass is 10.2. The van der Waals surface area contributed by atoms with Crippen LogP contribution in [0.15, 0.2) is 48.8 Å². The van der Waals surface area contributed by atoms with E-state index in [0.717, 1.165) is 22.0 Å². The molecule has 8 heteroatoms. The van der Waals surface area contributed by atoms with Crippen molar-refractivity contribution in [1.29, 1.82) is 0 Å². The molecule has 4 aromatic rings. The van der Waals surface area contributed by atoms with Gasteiger partial charge in [-0.3, -0.25) is 9.20 Å². The van der Waals surface area contributed by atoms with E-state index in [1.54, 1.807) is 48.7 Å². The van der Waals surface area contributed by atoms with Crippen LogP contribution in [0.1, 0.15) is 26.6 Å². The summed E-state index contributed by atoms with van der Waals surface area (Å²) in [5.74, 6) is 1.04. The lowest BCUT2D eigenvalue weighted by Crippen LogP contribution is -2.28. The number of fused-ring (bicyclic) bond motifs is 1. The first-order valence-electron chi connectivity index (χ1n) is 9.52. The second kappa shape index (κ2) is 8.16. The lowest BCUT2D eigenvalue weighted by molar-refractivity contribution is 0.0783. The van der Waals surface area contributed by atoms with Gasteiger partial charge < -0.3 is 15.0 Å². The summed E-state index contributed by atoms with van der Waals surface area (Å²) in [7, 11) is 3.40. The molecule has 3 heterocycles. The Kier molecular flexibility index (Phi) is 5.41. The molecule has 4 rings (SSSR count). The molecule has 0 radical (unpaired) electrons. The molecule has 0 bridgehead atoms. The minimum absolute atomic E-state index is 0.123. The van der Waals surface area contributed by atoms with Gasteiger partial charge in [0.25, 0.3) is 5.91 Å². The number of hydrogen-bond acceptors (Lipinski definition) is 6. The number of aromatic nitrogens is 3. The van der Waals surface area contributed by atoms with E-state index in [9.17, 15) is 4.79 Å². The van der Waals surface area contributed by atoms with Crippen molar-refractivity contribution in [2.75, 3.05) is 19.5 Å². The minimum Gasteiger partial charge on any atom is -0.495 e. The predicted molar refractivity (Wildman–Crippen MR) is 119 cm³/mol. The molecule has 154 valence electrons. The van der Waals surface area contributed by atoms with Crippen molar-refractivity contribution < 1.29 is 9.53 Å². The molecular weight excluding hydrogens is 398 g/mol. The van der Waals surface area contributed by atoms with Gasteiger partial charge in [-0.05, 0) is 38.1 Å². The average molecular weight is 422 g/mol. The molecule has 30 heavy (non-hydrogen) atoms. The molecule has 0 aliphatic rings. The maximum atomic E-state index is 13.3. The number of anilines is 2. The maximum absolute atomic E-state index is 13.3. The van der Waals surface area contributed by atoms with Gasteiger partial charge in [0, 0.05) is 24.3 Å². The number of methoxy groups -OCH3 is 1. The molecule has 0 unspecified atom stereocenters. The highest BCUT2D eigenvalue weighted by Gasteiger charge is 2.20. The number of rotatable bonds is 6. The average Bonchev–Trinajstić information content (AvgIpc) is 3.24. The molecule has 0 saturated carbocycles. The fraction of sp³-hybridized carbons (Fsp3) is 0.227. The Morgan fingerprint density at radius 3 is 2.83 bits per heavy atom. The van der Waals surface area contributed by atoms with Gasteiger partial charge >= 0.3 is 0 Å². The normalized spacial score (nSPS) is 10.9. The van der Waals surface area contributed by atoms with Crippen LogP contribution in [0, 0.1) is 13.8 Å². The van der Waals surface area contributed by atoms with Gasteiger partial charge in [0.15, 0.2) is 4.96 Å². The number of hydrogen-bond donors (Lipinski definition) is 1. The number of nitrogens with zero attached hydrogens (tertiary/aromatic N) is 4. The maximum Gasteiger partial charge on any atom is 0.257 e. The molecule has 0 fully saturated rings. The number of para-hydroxylation sites is 2. The molecule has 0 saturated heterocycles. The van der Waals surface area contributed by atoms with Crippen LogP contribution in [-0.2, 0) is 6.54 Å². The summed E-state index contributed by atoms with van der Waals surface area (Å²) in [6.45, 7) is 4.48. The number of carbonyl (C=O) groups is 1. The monoisotopic (exact) mass is 421 g/mol. The number of aryl methyl sites for hydroxylation is 2. The molecule has 1 aromatic carbocycles. The molecule has 3 aromatic heterocycles. The highest BCUT2D eigenvalue weighted by molar-refractivity contribution is 7.17. The number of ether oxygens (including phenoxy) is 1. The van der Waals surface area contributed by atoms with Gasteiger partial charge in [0.1, 0.15) is 11.6 Å².